The van der Waals surface area contributed by atoms with Gasteiger partial charge in [0.2, 0.25) is 0 Å². The fourth-order valence-electron chi connectivity index (χ4n) is 2.81. The minimum absolute atomic E-state index is 0.119. The van der Waals surface area contributed by atoms with E-state index in [1.807, 2.05) is 18.2 Å². The van der Waals surface area contributed by atoms with Crippen LogP contribution in [0.25, 0.3) is 0 Å². The minimum Gasteiger partial charge on any atom is -0.484 e. The third-order valence-electron chi connectivity index (χ3n) is 4.51. The molecule has 7 heteroatoms. The van der Waals surface area contributed by atoms with Crippen molar-refractivity contribution in [3.63, 3.8) is 0 Å². The van der Waals surface area contributed by atoms with Crippen molar-refractivity contribution in [3.8, 4) is 5.75 Å². The van der Waals surface area contributed by atoms with Gasteiger partial charge in [-0.3, -0.25) is 9.59 Å². The molecule has 0 aliphatic heterocycles. The number of hydrogen-bond acceptors (Lipinski definition) is 5. The molecule has 2 amide bonds. The number of rotatable bonds is 7. The summed E-state index contributed by atoms with van der Waals surface area (Å²) in [5.74, 6) is -0.403. The lowest BCUT2D eigenvalue weighted by molar-refractivity contribution is -0.118. The fraction of sp³-hybridized carbons (Fsp3) is 0.125. The first-order valence-corrected chi connectivity index (χ1v) is 9.52. The van der Waals surface area contributed by atoms with Crippen LogP contribution in [-0.2, 0) is 9.53 Å². The van der Waals surface area contributed by atoms with Crippen LogP contribution in [-0.4, -0.2) is 38.5 Å². The highest BCUT2D eigenvalue weighted by atomic mass is 16.5. The van der Waals surface area contributed by atoms with E-state index in [2.05, 4.69) is 10.1 Å². The van der Waals surface area contributed by atoms with Gasteiger partial charge < -0.3 is 19.7 Å². The maximum Gasteiger partial charge on any atom is 0.337 e. The van der Waals surface area contributed by atoms with Crippen molar-refractivity contribution in [2.45, 2.75) is 0 Å². The van der Waals surface area contributed by atoms with E-state index < -0.39 is 5.97 Å². The third kappa shape index (κ3) is 5.70. The second-order valence-electron chi connectivity index (χ2n) is 6.63. The molecular weight excluding hydrogens is 396 g/mol. The number of carbonyl (C=O) groups is 3. The van der Waals surface area contributed by atoms with E-state index >= 15 is 0 Å². The van der Waals surface area contributed by atoms with Gasteiger partial charge in [-0.05, 0) is 60.7 Å². The van der Waals surface area contributed by atoms with Crippen molar-refractivity contribution in [1.29, 1.82) is 0 Å². The van der Waals surface area contributed by atoms with E-state index in [0.717, 1.165) is 0 Å². The number of carbonyl (C=O) groups excluding carboxylic acids is 3. The Labute approximate surface area is 180 Å². The van der Waals surface area contributed by atoms with Crippen LogP contribution in [0.2, 0.25) is 0 Å². The van der Waals surface area contributed by atoms with Crippen molar-refractivity contribution in [1.82, 2.24) is 0 Å². The number of hydrogen-bond donors (Lipinski definition) is 1. The predicted octanol–water partition coefficient (Wildman–Crippen LogP) is 3.77. The summed E-state index contributed by atoms with van der Waals surface area (Å²) in [6.45, 7) is -0.184. The number of amides is 2. The van der Waals surface area contributed by atoms with Crippen molar-refractivity contribution in [2.75, 3.05) is 31.0 Å². The molecule has 3 aromatic rings. The summed E-state index contributed by atoms with van der Waals surface area (Å²) in [4.78, 5) is 37.6. The zero-order valence-electron chi connectivity index (χ0n) is 17.2. The highest BCUT2D eigenvalue weighted by Crippen LogP contribution is 2.20. The Morgan fingerprint density at radius 2 is 1.48 bits per heavy atom. The Morgan fingerprint density at radius 3 is 2.10 bits per heavy atom. The Hall–Kier alpha value is -4.13. The number of nitrogens with zero attached hydrogens (tertiary/aromatic N) is 1. The molecule has 1 N–H and O–H groups in total. The molecule has 0 radical (unpaired) electrons. The molecular formula is C24H22N2O5. The molecule has 7 nitrogen and oxygen atoms in total. The topological polar surface area (TPSA) is 84.9 Å². The molecule has 158 valence electrons. The second kappa shape index (κ2) is 10.1. The van der Waals surface area contributed by atoms with E-state index in [4.69, 9.17) is 4.74 Å². The van der Waals surface area contributed by atoms with Gasteiger partial charge in [0, 0.05) is 24.0 Å². The summed E-state index contributed by atoms with van der Waals surface area (Å²) < 4.78 is 10.1. The molecule has 0 aromatic heterocycles. The molecule has 0 saturated carbocycles. The zero-order valence-corrected chi connectivity index (χ0v) is 17.2. The van der Waals surface area contributed by atoms with Crippen LogP contribution < -0.4 is 15.0 Å². The number of anilines is 2. The van der Waals surface area contributed by atoms with Gasteiger partial charge in [0.05, 0.1) is 12.7 Å². The number of nitrogens with one attached hydrogen (secondary N) is 1. The van der Waals surface area contributed by atoms with Gasteiger partial charge in [-0.15, -0.1) is 0 Å². The second-order valence-corrected chi connectivity index (χ2v) is 6.63. The molecule has 0 atom stereocenters. The van der Waals surface area contributed by atoms with Crippen LogP contribution in [0.5, 0.6) is 5.75 Å². The summed E-state index contributed by atoms with van der Waals surface area (Å²) in [6.07, 6.45) is 0. The fourth-order valence-corrected chi connectivity index (χ4v) is 2.81. The molecule has 3 rings (SSSR count). The molecule has 0 spiro atoms. The maximum atomic E-state index is 12.5. The van der Waals surface area contributed by atoms with Gasteiger partial charge in [-0.2, -0.15) is 0 Å². The molecule has 3 aromatic carbocycles. The van der Waals surface area contributed by atoms with Crippen molar-refractivity contribution in [3.05, 3.63) is 90.0 Å². The molecule has 0 saturated heterocycles. The van der Waals surface area contributed by atoms with E-state index in [1.54, 1.807) is 72.6 Å². The highest BCUT2D eigenvalue weighted by molar-refractivity contribution is 6.05. The first kappa shape index (κ1) is 21.6. The molecule has 0 aliphatic rings. The van der Waals surface area contributed by atoms with Gasteiger partial charge in [0.15, 0.2) is 6.61 Å². The lowest BCUT2D eigenvalue weighted by atomic mass is 10.2. The first-order valence-electron chi connectivity index (χ1n) is 9.52. The van der Waals surface area contributed by atoms with Crippen LogP contribution in [0.15, 0.2) is 78.9 Å². The Morgan fingerprint density at radius 1 is 0.839 bits per heavy atom. The maximum absolute atomic E-state index is 12.5. The van der Waals surface area contributed by atoms with Crippen molar-refractivity contribution >= 4 is 29.2 Å². The molecule has 0 aliphatic carbocycles. The highest BCUT2D eigenvalue weighted by Gasteiger charge is 2.13. The normalized spacial score (nSPS) is 10.1. The van der Waals surface area contributed by atoms with Crippen molar-refractivity contribution < 1.29 is 23.9 Å². The molecule has 0 unspecified atom stereocenters. The molecule has 0 heterocycles. The smallest absolute Gasteiger partial charge is 0.337 e. The van der Waals surface area contributed by atoms with E-state index in [1.165, 1.54) is 7.11 Å². The SMILES string of the molecule is COC(=O)c1ccc(NC(=O)COc2ccc(N(C)C(=O)c3ccccc3)cc2)cc1. The number of ether oxygens (including phenoxy) is 2. The van der Waals surface area contributed by atoms with Gasteiger partial charge in [-0.1, -0.05) is 18.2 Å². The summed E-state index contributed by atoms with van der Waals surface area (Å²) in [5, 5.41) is 2.69. The summed E-state index contributed by atoms with van der Waals surface area (Å²) in [5.41, 5.74) is 2.24. The van der Waals surface area contributed by atoms with Gasteiger partial charge in [0.25, 0.3) is 11.8 Å². The van der Waals surface area contributed by atoms with E-state index in [0.29, 0.717) is 28.3 Å². The minimum atomic E-state index is -0.444. The Bertz CT molecular complexity index is 1050. The third-order valence-corrected chi connectivity index (χ3v) is 4.51. The van der Waals surface area contributed by atoms with Crippen LogP contribution in [0.3, 0.4) is 0 Å². The standard InChI is InChI=1S/C24H22N2O5/c1-26(23(28)17-6-4-3-5-7-17)20-12-14-21(15-13-20)31-16-22(27)25-19-10-8-18(9-11-19)24(29)30-2/h3-15H,16H2,1-2H3,(H,25,27). The Kier molecular flexibility index (Phi) is 7.01. The molecule has 31 heavy (non-hydrogen) atoms. The summed E-state index contributed by atoms with van der Waals surface area (Å²) in [6, 6.07) is 22.3. The number of methoxy groups -OCH3 is 1. The lowest BCUT2D eigenvalue weighted by Crippen LogP contribution is -2.26. The number of benzene rings is 3. The van der Waals surface area contributed by atoms with Crippen LogP contribution in [0.4, 0.5) is 11.4 Å². The summed E-state index contributed by atoms with van der Waals surface area (Å²) >= 11 is 0. The van der Waals surface area contributed by atoms with E-state index in [9.17, 15) is 14.4 Å². The largest absolute Gasteiger partial charge is 0.484 e. The zero-order chi connectivity index (χ0) is 22.2. The quantitative estimate of drug-likeness (QED) is 0.591. The van der Waals surface area contributed by atoms with Gasteiger partial charge in [-0.25, -0.2) is 4.79 Å². The summed E-state index contributed by atoms with van der Waals surface area (Å²) in [7, 11) is 3.01. The first-order chi connectivity index (χ1) is 15.0. The number of esters is 1. The van der Waals surface area contributed by atoms with Crippen molar-refractivity contribution in [2.24, 2.45) is 0 Å². The molecule has 0 fully saturated rings. The molecule has 0 bridgehead atoms. The monoisotopic (exact) mass is 418 g/mol. The average molecular weight is 418 g/mol. The Balaban J connectivity index is 1.52. The van der Waals surface area contributed by atoms with E-state index in [-0.39, 0.29) is 18.4 Å². The van der Waals surface area contributed by atoms with Crippen LogP contribution in [0, 0.1) is 0 Å². The predicted molar refractivity (Wildman–Crippen MR) is 118 cm³/mol. The van der Waals surface area contributed by atoms with Gasteiger partial charge in [0.1, 0.15) is 5.75 Å². The average Bonchev–Trinajstić information content (AvgIpc) is 2.82. The van der Waals surface area contributed by atoms with Gasteiger partial charge >= 0.3 is 5.97 Å². The lowest BCUT2D eigenvalue weighted by Gasteiger charge is -2.18. The van der Waals surface area contributed by atoms with Crippen LogP contribution in [0.1, 0.15) is 20.7 Å². The van der Waals surface area contributed by atoms with Crippen LogP contribution >= 0.6 is 0 Å².